The molecular formula is C13H12BrFN2. The molecule has 0 aliphatic rings. The molecule has 0 unspecified atom stereocenters. The summed E-state index contributed by atoms with van der Waals surface area (Å²) in [6.07, 6.45) is 0. The van der Waals surface area contributed by atoms with E-state index in [4.69, 9.17) is 5.73 Å². The van der Waals surface area contributed by atoms with Gasteiger partial charge in [-0.3, -0.25) is 0 Å². The lowest BCUT2D eigenvalue weighted by Gasteiger charge is -2.11. The van der Waals surface area contributed by atoms with Gasteiger partial charge in [0.05, 0.1) is 17.1 Å². The van der Waals surface area contributed by atoms with E-state index in [9.17, 15) is 4.39 Å². The highest BCUT2D eigenvalue weighted by Gasteiger charge is 2.05. The molecule has 2 rings (SSSR count). The SMILES string of the molecule is Cc1ccc(F)c(Nc2cc(Br)ccc2N)c1. The van der Waals surface area contributed by atoms with Crippen molar-refractivity contribution in [2.45, 2.75) is 6.92 Å². The third-order valence-corrected chi connectivity index (χ3v) is 2.90. The molecule has 0 bridgehead atoms. The van der Waals surface area contributed by atoms with Crippen LogP contribution >= 0.6 is 15.9 Å². The van der Waals surface area contributed by atoms with Gasteiger partial charge in [0, 0.05) is 4.47 Å². The summed E-state index contributed by atoms with van der Waals surface area (Å²) in [6, 6.07) is 10.3. The molecule has 0 amide bonds. The molecule has 0 aliphatic heterocycles. The number of aryl methyl sites for hydroxylation is 1. The van der Waals surface area contributed by atoms with Gasteiger partial charge in [0.15, 0.2) is 0 Å². The lowest BCUT2D eigenvalue weighted by atomic mass is 10.2. The predicted octanol–water partition coefficient (Wildman–Crippen LogP) is 4.22. The van der Waals surface area contributed by atoms with Gasteiger partial charge in [-0.15, -0.1) is 0 Å². The quantitative estimate of drug-likeness (QED) is 0.814. The summed E-state index contributed by atoms with van der Waals surface area (Å²) in [5.41, 5.74) is 8.50. The molecule has 2 aromatic carbocycles. The average Bonchev–Trinajstić information content (AvgIpc) is 2.28. The zero-order valence-electron chi connectivity index (χ0n) is 9.30. The van der Waals surface area contributed by atoms with Crippen LogP contribution in [0.4, 0.5) is 21.5 Å². The molecule has 0 aliphatic carbocycles. The summed E-state index contributed by atoms with van der Waals surface area (Å²) in [5, 5.41) is 2.99. The van der Waals surface area contributed by atoms with E-state index in [0.29, 0.717) is 17.1 Å². The van der Waals surface area contributed by atoms with E-state index in [-0.39, 0.29) is 5.82 Å². The van der Waals surface area contributed by atoms with Crippen LogP contribution in [-0.2, 0) is 0 Å². The Bertz CT molecular complexity index is 506. The predicted molar refractivity (Wildman–Crippen MR) is 73.0 cm³/mol. The van der Waals surface area contributed by atoms with Gasteiger partial charge >= 0.3 is 0 Å². The maximum Gasteiger partial charge on any atom is 0.146 e. The molecule has 2 aromatic rings. The normalized spacial score (nSPS) is 10.3. The second kappa shape index (κ2) is 4.75. The van der Waals surface area contributed by atoms with E-state index in [0.717, 1.165) is 10.0 Å². The molecule has 0 fully saturated rings. The number of halogens is 2. The number of nitrogens with one attached hydrogen (secondary N) is 1. The molecule has 0 saturated carbocycles. The molecule has 0 aromatic heterocycles. The molecule has 0 heterocycles. The Balaban J connectivity index is 2.37. The van der Waals surface area contributed by atoms with Gasteiger partial charge in [0.25, 0.3) is 0 Å². The molecule has 0 atom stereocenters. The Hall–Kier alpha value is -1.55. The zero-order valence-corrected chi connectivity index (χ0v) is 10.9. The highest BCUT2D eigenvalue weighted by molar-refractivity contribution is 9.10. The summed E-state index contributed by atoms with van der Waals surface area (Å²) in [6.45, 7) is 1.91. The minimum atomic E-state index is -0.296. The van der Waals surface area contributed by atoms with Crippen LogP contribution in [0, 0.1) is 12.7 Å². The first-order chi connectivity index (χ1) is 8.06. The first kappa shape index (κ1) is 11.9. The maximum absolute atomic E-state index is 13.6. The Morgan fingerprint density at radius 3 is 2.65 bits per heavy atom. The third-order valence-electron chi connectivity index (χ3n) is 2.41. The van der Waals surface area contributed by atoms with E-state index in [2.05, 4.69) is 21.2 Å². The molecule has 3 N–H and O–H groups in total. The molecule has 88 valence electrons. The molecule has 0 radical (unpaired) electrons. The number of nitrogens with two attached hydrogens (primary N) is 1. The van der Waals surface area contributed by atoms with E-state index in [1.54, 1.807) is 18.2 Å². The second-order valence-corrected chi connectivity index (χ2v) is 4.76. The molecule has 2 nitrogen and oxygen atoms in total. The maximum atomic E-state index is 13.6. The van der Waals surface area contributed by atoms with E-state index >= 15 is 0 Å². The number of benzene rings is 2. The highest BCUT2D eigenvalue weighted by Crippen LogP contribution is 2.28. The van der Waals surface area contributed by atoms with E-state index in [1.807, 2.05) is 19.1 Å². The monoisotopic (exact) mass is 294 g/mol. The minimum Gasteiger partial charge on any atom is -0.397 e. The van der Waals surface area contributed by atoms with Crippen molar-refractivity contribution in [3.8, 4) is 0 Å². The summed E-state index contributed by atoms with van der Waals surface area (Å²) in [4.78, 5) is 0. The average molecular weight is 295 g/mol. The van der Waals surface area contributed by atoms with Crippen LogP contribution < -0.4 is 11.1 Å². The summed E-state index contributed by atoms with van der Waals surface area (Å²) in [7, 11) is 0. The van der Waals surface area contributed by atoms with Crippen molar-refractivity contribution in [1.82, 2.24) is 0 Å². The molecule has 0 saturated heterocycles. The fourth-order valence-corrected chi connectivity index (χ4v) is 1.88. The lowest BCUT2D eigenvalue weighted by Crippen LogP contribution is -1.98. The minimum absolute atomic E-state index is 0.296. The molecule has 0 spiro atoms. The Morgan fingerprint density at radius 1 is 1.12 bits per heavy atom. The number of anilines is 3. The standard InChI is InChI=1S/C13H12BrFN2/c1-8-2-4-10(15)12(6-8)17-13-7-9(14)3-5-11(13)16/h2-7,17H,16H2,1H3. The van der Waals surface area contributed by atoms with E-state index < -0.39 is 0 Å². The van der Waals surface area contributed by atoms with Crippen molar-refractivity contribution in [2.24, 2.45) is 0 Å². The molecule has 4 heteroatoms. The molecular weight excluding hydrogens is 283 g/mol. The summed E-state index contributed by atoms with van der Waals surface area (Å²) < 4.78 is 14.5. The Morgan fingerprint density at radius 2 is 1.88 bits per heavy atom. The lowest BCUT2D eigenvalue weighted by molar-refractivity contribution is 0.631. The van der Waals surface area contributed by atoms with Gasteiger partial charge in [0.2, 0.25) is 0 Å². The second-order valence-electron chi connectivity index (χ2n) is 3.84. The van der Waals surface area contributed by atoms with Crippen LogP contribution in [0.15, 0.2) is 40.9 Å². The fourth-order valence-electron chi connectivity index (χ4n) is 1.52. The van der Waals surface area contributed by atoms with Crippen LogP contribution in [0.1, 0.15) is 5.56 Å². The fraction of sp³-hybridized carbons (Fsp3) is 0.0769. The number of hydrogen-bond donors (Lipinski definition) is 2. The van der Waals surface area contributed by atoms with Crippen molar-refractivity contribution in [3.63, 3.8) is 0 Å². The Labute approximate surface area is 108 Å². The van der Waals surface area contributed by atoms with Crippen molar-refractivity contribution >= 4 is 33.0 Å². The zero-order chi connectivity index (χ0) is 12.4. The number of rotatable bonds is 2. The first-order valence-electron chi connectivity index (χ1n) is 5.14. The van der Waals surface area contributed by atoms with Crippen LogP contribution in [0.5, 0.6) is 0 Å². The van der Waals surface area contributed by atoms with Gasteiger partial charge in [0.1, 0.15) is 5.82 Å². The van der Waals surface area contributed by atoms with Crippen molar-refractivity contribution < 1.29 is 4.39 Å². The summed E-state index contributed by atoms with van der Waals surface area (Å²) in [5.74, 6) is -0.296. The summed E-state index contributed by atoms with van der Waals surface area (Å²) >= 11 is 3.35. The van der Waals surface area contributed by atoms with E-state index in [1.165, 1.54) is 6.07 Å². The van der Waals surface area contributed by atoms with Crippen molar-refractivity contribution in [2.75, 3.05) is 11.1 Å². The highest BCUT2D eigenvalue weighted by atomic mass is 79.9. The van der Waals surface area contributed by atoms with Gasteiger partial charge in [-0.2, -0.15) is 0 Å². The topological polar surface area (TPSA) is 38.0 Å². The van der Waals surface area contributed by atoms with Gasteiger partial charge in [-0.1, -0.05) is 22.0 Å². The van der Waals surface area contributed by atoms with Gasteiger partial charge < -0.3 is 11.1 Å². The smallest absolute Gasteiger partial charge is 0.146 e. The first-order valence-corrected chi connectivity index (χ1v) is 5.94. The van der Waals surface area contributed by atoms with Crippen molar-refractivity contribution in [1.29, 1.82) is 0 Å². The number of hydrogen-bond acceptors (Lipinski definition) is 2. The number of nitrogen functional groups attached to an aromatic ring is 1. The van der Waals surface area contributed by atoms with Crippen molar-refractivity contribution in [3.05, 3.63) is 52.3 Å². The van der Waals surface area contributed by atoms with Crippen LogP contribution in [0.2, 0.25) is 0 Å². The van der Waals surface area contributed by atoms with Crippen LogP contribution in [-0.4, -0.2) is 0 Å². The van der Waals surface area contributed by atoms with Gasteiger partial charge in [-0.25, -0.2) is 4.39 Å². The third kappa shape index (κ3) is 2.77. The van der Waals surface area contributed by atoms with Crippen LogP contribution in [0.3, 0.4) is 0 Å². The van der Waals surface area contributed by atoms with Gasteiger partial charge in [-0.05, 0) is 42.8 Å². The van der Waals surface area contributed by atoms with Crippen LogP contribution in [0.25, 0.3) is 0 Å². The molecule has 17 heavy (non-hydrogen) atoms. The Kier molecular flexibility index (Phi) is 3.33. The largest absolute Gasteiger partial charge is 0.397 e.